The Kier molecular flexibility index (Phi) is 4.64. The van der Waals surface area contributed by atoms with E-state index in [1.54, 1.807) is 0 Å². The highest BCUT2D eigenvalue weighted by molar-refractivity contribution is 5.83. The first-order valence-corrected chi connectivity index (χ1v) is 11.4. The summed E-state index contributed by atoms with van der Waals surface area (Å²) in [6.45, 7) is 12.8. The van der Waals surface area contributed by atoms with Crippen LogP contribution >= 0.6 is 0 Å². The second kappa shape index (κ2) is 6.44. The van der Waals surface area contributed by atoms with Gasteiger partial charge in [-0.2, -0.15) is 0 Å². The van der Waals surface area contributed by atoms with E-state index in [2.05, 4.69) is 33.8 Å². The minimum atomic E-state index is -0.180. The monoisotopic (exact) mass is 386 g/mol. The number of ether oxygens (including phenoxy) is 1. The van der Waals surface area contributed by atoms with E-state index in [4.69, 9.17) is 4.74 Å². The van der Waals surface area contributed by atoms with Gasteiger partial charge in [-0.05, 0) is 80.0 Å². The molecule has 4 aliphatic carbocycles. The van der Waals surface area contributed by atoms with Gasteiger partial charge in [-0.3, -0.25) is 9.59 Å². The van der Waals surface area contributed by atoms with Crippen LogP contribution in [-0.4, -0.2) is 17.9 Å². The first-order chi connectivity index (χ1) is 13.0. The Morgan fingerprint density at radius 1 is 1.07 bits per heavy atom. The number of esters is 1. The maximum atomic E-state index is 12.8. The summed E-state index contributed by atoms with van der Waals surface area (Å²) in [5.74, 6) is 2.77. The normalized spacial score (nSPS) is 50.1. The van der Waals surface area contributed by atoms with Crippen molar-refractivity contribution in [3.05, 3.63) is 11.6 Å². The van der Waals surface area contributed by atoms with E-state index in [1.807, 2.05) is 6.92 Å². The Balaban J connectivity index is 1.64. The lowest BCUT2D eigenvalue weighted by atomic mass is 9.45. The highest BCUT2D eigenvalue weighted by Crippen LogP contribution is 2.71. The highest BCUT2D eigenvalue weighted by Gasteiger charge is 2.66. The van der Waals surface area contributed by atoms with Gasteiger partial charge in [0.15, 0.2) is 0 Å². The molecule has 156 valence electrons. The zero-order valence-electron chi connectivity index (χ0n) is 18.6. The van der Waals surface area contributed by atoms with Crippen molar-refractivity contribution < 1.29 is 14.3 Å². The third-order valence-corrected chi connectivity index (χ3v) is 10.3. The molecule has 0 heterocycles. The highest BCUT2D eigenvalue weighted by atomic mass is 16.5. The number of allylic oxidation sites excluding steroid dienone is 1. The lowest BCUT2D eigenvalue weighted by molar-refractivity contribution is -0.150. The fourth-order valence-electron chi connectivity index (χ4n) is 8.29. The second-order valence-electron chi connectivity index (χ2n) is 11.1. The summed E-state index contributed by atoms with van der Waals surface area (Å²) in [5, 5.41) is 0. The van der Waals surface area contributed by atoms with Crippen molar-refractivity contribution in [3.63, 3.8) is 0 Å². The van der Waals surface area contributed by atoms with Crippen LogP contribution in [0.4, 0.5) is 0 Å². The molecule has 0 aliphatic heterocycles. The molecular weight excluding hydrogens is 348 g/mol. The van der Waals surface area contributed by atoms with E-state index < -0.39 is 0 Å². The van der Waals surface area contributed by atoms with Gasteiger partial charge < -0.3 is 4.74 Å². The Bertz CT molecular complexity index is 723. The first-order valence-electron chi connectivity index (χ1n) is 11.4. The van der Waals surface area contributed by atoms with Gasteiger partial charge in [-0.15, -0.1) is 0 Å². The van der Waals surface area contributed by atoms with Crippen molar-refractivity contribution in [1.29, 1.82) is 0 Å². The van der Waals surface area contributed by atoms with Gasteiger partial charge in [-0.1, -0.05) is 39.3 Å². The number of fused-ring (bicyclic) bond motifs is 5. The molecule has 0 amide bonds. The summed E-state index contributed by atoms with van der Waals surface area (Å²) in [6, 6.07) is 0. The number of hydrogen-bond acceptors (Lipinski definition) is 3. The second-order valence-corrected chi connectivity index (χ2v) is 11.1. The molecule has 8 atom stereocenters. The molecule has 4 rings (SSSR count). The predicted molar refractivity (Wildman–Crippen MR) is 111 cm³/mol. The fraction of sp³-hybridized carbons (Fsp3) is 0.840. The molecule has 0 spiro atoms. The Morgan fingerprint density at radius 2 is 1.79 bits per heavy atom. The molecule has 0 aromatic rings. The lowest BCUT2D eigenvalue weighted by Gasteiger charge is -2.59. The maximum absolute atomic E-state index is 12.8. The zero-order valence-corrected chi connectivity index (χ0v) is 18.6. The molecule has 4 aliphatic rings. The smallest absolute Gasteiger partial charge is 0.302 e. The Hall–Kier alpha value is -1.12. The minimum absolute atomic E-state index is 0.0646. The molecule has 28 heavy (non-hydrogen) atoms. The van der Waals surface area contributed by atoms with Crippen molar-refractivity contribution in [2.75, 3.05) is 0 Å². The molecule has 3 saturated carbocycles. The third-order valence-electron chi connectivity index (χ3n) is 10.3. The molecule has 0 aromatic carbocycles. The molecule has 3 fully saturated rings. The van der Waals surface area contributed by atoms with Gasteiger partial charge in [0.2, 0.25) is 0 Å². The number of Topliss-reactive ketones (excluding diaryl/α,β-unsaturated/α-hetero) is 1. The van der Waals surface area contributed by atoms with Crippen LogP contribution in [0.1, 0.15) is 86.5 Å². The van der Waals surface area contributed by atoms with Crippen LogP contribution in [-0.2, 0) is 14.3 Å². The quantitative estimate of drug-likeness (QED) is 0.450. The van der Waals surface area contributed by atoms with Crippen LogP contribution in [0.3, 0.4) is 0 Å². The van der Waals surface area contributed by atoms with Crippen LogP contribution < -0.4 is 0 Å². The Labute approximate surface area is 170 Å². The van der Waals surface area contributed by atoms with Gasteiger partial charge in [0.25, 0.3) is 0 Å². The first kappa shape index (κ1) is 20.2. The lowest BCUT2D eigenvalue weighted by Crippen LogP contribution is -2.53. The van der Waals surface area contributed by atoms with Crippen molar-refractivity contribution in [2.24, 2.45) is 39.9 Å². The van der Waals surface area contributed by atoms with Crippen molar-refractivity contribution in [1.82, 2.24) is 0 Å². The molecular formula is C25H38O3. The summed E-state index contributed by atoms with van der Waals surface area (Å²) in [5.41, 5.74) is 1.74. The van der Waals surface area contributed by atoms with E-state index in [1.165, 1.54) is 31.8 Å². The fourth-order valence-corrected chi connectivity index (χ4v) is 8.29. The van der Waals surface area contributed by atoms with Gasteiger partial charge >= 0.3 is 5.97 Å². The largest absolute Gasteiger partial charge is 0.462 e. The van der Waals surface area contributed by atoms with E-state index in [-0.39, 0.29) is 28.3 Å². The van der Waals surface area contributed by atoms with Crippen LogP contribution in [0.2, 0.25) is 0 Å². The van der Waals surface area contributed by atoms with E-state index >= 15 is 0 Å². The van der Waals surface area contributed by atoms with Crippen LogP contribution in [0.25, 0.3) is 0 Å². The average molecular weight is 387 g/mol. The number of rotatable bonds is 2. The number of carbonyl (C=O) groups is 2. The predicted octanol–water partition coefficient (Wildman–Crippen LogP) is 5.72. The topological polar surface area (TPSA) is 43.4 Å². The van der Waals surface area contributed by atoms with Gasteiger partial charge in [-0.25, -0.2) is 0 Å². The molecule has 3 heteroatoms. The van der Waals surface area contributed by atoms with Gasteiger partial charge in [0.1, 0.15) is 11.9 Å². The van der Waals surface area contributed by atoms with Gasteiger partial charge in [0, 0.05) is 18.8 Å². The summed E-state index contributed by atoms with van der Waals surface area (Å²) < 4.78 is 5.56. The SMILES string of the molecule is CC(=O)O[C@H]1CC[C@@]2(C)C(=CC[C@H]3[C@H]2CC[C@@]2(C)[C@@H]3C[C@@H](C)[C@]2(C)C(C)=O)C1. The average Bonchev–Trinajstić information content (AvgIpc) is 2.83. The minimum Gasteiger partial charge on any atom is -0.462 e. The van der Waals surface area contributed by atoms with E-state index in [0.29, 0.717) is 29.5 Å². The Morgan fingerprint density at radius 3 is 2.43 bits per heavy atom. The van der Waals surface area contributed by atoms with Crippen molar-refractivity contribution in [2.45, 2.75) is 92.6 Å². The summed E-state index contributed by atoms with van der Waals surface area (Å²) in [6.07, 6.45) is 10.3. The molecule has 3 nitrogen and oxygen atoms in total. The molecule has 0 N–H and O–H groups in total. The van der Waals surface area contributed by atoms with Gasteiger partial charge in [0.05, 0.1) is 0 Å². The molecule has 0 radical (unpaired) electrons. The third kappa shape index (κ3) is 2.53. The van der Waals surface area contributed by atoms with E-state index in [9.17, 15) is 9.59 Å². The number of hydrogen-bond donors (Lipinski definition) is 0. The van der Waals surface area contributed by atoms with Crippen LogP contribution in [0.5, 0.6) is 0 Å². The van der Waals surface area contributed by atoms with E-state index in [0.717, 1.165) is 25.7 Å². The van der Waals surface area contributed by atoms with Crippen LogP contribution in [0, 0.1) is 39.9 Å². The standard InChI is InChI=1S/C25H38O3/c1-15-13-22-20-8-7-18-14-19(28-17(3)27)9-11-23(18,4)21(20)10-12-24(22,5)25(15,6)16(2)26/h7,15,19-22H,8-14H2,1-6H3/t15-,19+,20+,21-,22-,23+,24+,25-/m1/s1. The zero-order chi connectivity index (χ0) is 20.5. The molecule has 0 bridgehead atoms. The summed E-state index contributed by atoms with van der Waals surface area (Å²) in [4.78, 5) is 24.2. The maximum Gasteiger partial charge on any atom is 0.302 e. The van der Waals surface area contributed by atoms with Crippen LogP contribution in [0.15, 0.2) is 11.6 Å². The molecule has 0 aromatic heterocycles. The summed E-state index contributed by atoms with van der Waals surface area (Å²) >= 11 is 0. The summed E-state index contributed by atoms with van der Waals surface area (Å²) in [7, 11) is 0. The van der Waals surface area contributed by atoms with Crippen molar-refractivity contribution >= 4 is 11.8 Å². The van der Waals surface area contributed by atoms with Crippen molar-refractivity contribution in [3.8, 4) is 0 Å². The molecule has 0 saturated heterocycles. The number of carbonyl (C=O) groups excluding carboxylic acids is 2. The number of ketones is 1. The molecule has 0 unspecified atom stereocenters.